The molecule has 0 saturated carbocycles. The monoisotopic (exact) mass is 654 g/mol. The lowest BCUT2D eigenvalue weighted by atomic mass is 9.95. The van der Waals surface area contributed by atoms with E-state index in [2.05, 4.69) is 27.5 Å². The highest BCUT2D eigenvalue weighted by molar-refractivity contribution is 9.10. The number of nitrogens with zero attached hydrogens (tertiary/aromatic N) is 2. The van der Waals surface area contributed by atoms with Crippen LogP contribution >= 0.6 is 27.3 Å². The van der Waals surface area contributed by atoms with Gasteiger partial charge in [0.25, 0.3) is 5.91 Å². The van der Waals surface area contributed by atoms with Gasteiger partial charge in [-0.25, -0.2) is 9.78 Å². The van der Waals surface area contributed by atoms with Gasteiger partial charge in [0.15, 0.2) is 39.5 Å². The summed E-state index contributed by atoms with van der Waals surface area (Å²) < 4.78 is 21.8. The number of carbonyl (C=O) groups excluding carboxylic acids is 3. The van der Waals surface area contributed by atoms with Crippen LogP contribution in [0.25, 0.3) is 11.0 Å². The van der Waals surface area contributed by atoms with E-state index in [9.17, 15) is 24.6 Å². The number of aryl methyl sites for hydroxylation is 1. The first-order valence-corrected chi connectivity index (χ1v) is 13.9. The molecule has 11 nitrogen and oxygen atoms in total. The van der Waals surface area contributed by atoms with Crippen molar-refractivity contribution in [2.75, 3.05) is 25.7 Å². The van der Waals surface area contributed by atoms with Crippen molar-refractivity contribution < 1.29 is 43.2 Å². The molecule has 1 aliphatic rings. The molecule has 4 aromatic rings. The normalized spacial score (nSPS) is 14.9. The maximum absolute atomic E-state index is 14.0. The van der Waals surface area contributed by atoms with Crippen molar-refractivity contribution in [2.24, 2.45) is 0 Å². The number of Topliss-reactive ketones (excluding diaryl/α,β-unsaturated/α-hetero) is 1. The molecule has 2 N–H and O–H groups in total. The van der Waals surface area contributed by atoms with Crippen molar-refractivity contribution in [1.29, 1.82) is 0 Å². The number of carbonyl (C=O) groups is 3. The minimum atomic E-state index is -1.26. The molecule has 0 saturated heterocycles. The van der Waals surface area contributed by atoms with E-state index in [4.69, 9.17) is 18.6 Å². The van der Waals surface area contributed by atoms with Crippen LogP contribution in [-0.4, -0.2) is 53.7 Å². The highest BCUT2D eigenvalue weighted by atomic mass is 79.9. The number of benzene rings is 2. The number of anilines is 1. The van der Waals surface area contributed by atoms with Gasteiger partial charge < -0.3 is 28.8 Å². The lowest BCUT2D eigenvalue weighted by Crippen LogP contribution is -2.31. The number of halogens is 1. The number of aromatic nitrogens is 1. The first-order chi connectivity index (χ1) is 20.1. The molecule has 1 aliphatic heterocycles. The summed E-state index contributed by atoms with van der Waals surface area (Å²) in [5, 5.41) is 22.2. The zero-order chi connectivity index (χ0) is 30.3. The molecular weight excluding hydrogens is 632 g/mol. The number of amides is 1. The predicted molar refractivity (Wildman–Crippen MR) is 157 cm³/mol. The van der Waals surface area contributed by atoms with Gasteiger partial charge in [0.1, 0.15) is 11.5 Å². The standard InChI is InChI=1S/C29H23BrN2O9S/c1-5-9-40-28(37)26-13(2)31-29(42-26)32-21(15-10-16(30)22(33)18(12-15)39-4)20(24(35)27(32)36)23(34)19-11-14-7-6-8-17(38-3)25(14)41-19/h5-8,10-12,21,33,35H,1,9H2,2-4H3. The Kier molecular flexibility index (Phi) is 7.80. The van der Waals surface area contributed by atoms with Crippen LogP contribution in [0.15, 0.2) is 69.3 Å². The summed E-state index contributed by atoms with van der Waals surface area (Å²) >= 11 is 4.14. The Bertz CT molecular complexity index is 1810. The number of aromatic hydroxyl groups is 1. The van der Waals surface area contributed by atoms with E-state index in [0.717, 1.165) is 16.2 Å². The zero-order valence-corrected chi connectivity index (χ0v) is 24.9. The Labute approximate surface area is 251 Å². The number of hydrogen-bond acceptors (Lipinski definition) is 11. The fraction of sp³-hybridized carbons (Fsp3) is 0.172. The van der Waals surface area contributed by atoms with Crippen LogP contribution in [0.1, 0.15) is 37.5 Å². The van der Waals surface area contributed by atoms with E-state index in [1.54, 1.807) is 25.1 Å². The fourth-order valence-electron chi connectivity index (χ4n) is 4.57. The summed E-state index contributed by atoms with van der Waals surface area (Å²) in [6.07, 6.45) is 1.42. The molecular formula is C29H23BrN2O9S. The maximum Gasteiger partial charge on any atom is 0.350 e. The molecule has 1 amide bonds. The highest BCUT2D eigenvalue weighted by Crippen LogP contribution is 2.47. The summed E-state index contributed by atoms with van der Waals surface area (Å²) in [6, 6.07) is 8.27. The van der Waals surface area contributed by atoms with Gasteiger partial charge in [-0.1, -0.05) is 36.1 Å². The number of aliphatic hydroxyl groups is 1. The first-order valence-electron chi connectivity index (χ1n) is 12.3. The lowest BCUT2D eigenvalue weighted by molar-refractivity contribution is -0.117. The van der Waals surface area contributed by atoms with Gasteiger partial charge in [-0.3, -0.25) is 14.5 Å². The number of esters is 1. The summed E-state index contributed by atoms with van der Waals surface area (Å²) in [5.41, 5.74) is 0.577. The number of aliphatic hydroxyl groups excluding tert-OH is 1. The van der Waals surface area contributed by atoms with Crippen LogP contribution < -0.4 is 14.4 Å². The minimum Gasteiger partial charge on any atom is -0.503 e. The number of para-hydroxylation sites is 1. The number of ketones is 1. The van der Waals surface area contributed by atoms with Gasteiger partial charge in [0, 0.05) is 5.39 Å². The Balaban J connectivity index is 1.68. The van der Waals surface area contributed by atoms with Crippen LogP contribution in [0.2, 0.25) is 0 Å². The number of thiazole rings is 1. The van der Waals surface area contributed by atoms with Crippen molar-refractivity contribution in [3.63, 3.8) is 0 Å². The second-order valence-corrected chi connectivity index (χ2v) is 10.8. The maximum atomic E-state index is 14.0. The number of phenolic OH excluding ortho intramolecular Hbond substituents is 1. The van der Waals surface area contributed by atoms with E-state index < -0.39 is 29.5 Å². The van der Waals surface area contributed by atoms with Gasteiger partial charge in [-0.05, 0) is 52.7 Å². The van der Waals surface area contributed by atoms with E-state index in [1.807, 2.05) is 0 Å². The second-order valence-electron chi connectivity index (χ2n) is 9.01. The Morgan fingerprint density at radius 3 is 2.62 bits per heavy atom. The number of methoxy groups -OCH3 is 2. The van der Waals surface area contributed by atoms with Crippen molar-refractivity contribution in [3.05, 3.63) is 86.8 Å². The van der Waals surface area contributed by atoms with E-state index in [-0.39, 0.29) is 55.2 Å². The third kappa shape index (κ3) is 4.80. The lowest BCUT2D eigenvalue weighted by Gasteiger charge is -2.25. The predicted octanol–water partition coefficient (Wildman–Crippen LogP) is 5.81. The molecule has 13 heteroatoms. The smallest absolute Gasteiger partial charge is 0.350 e. The number of phenols is 1. The number of furan rings is 1. The molecule has 0 aliphatic carbocycles. The molecule has 0 spiro atoms. The van der Waals surface area contributed by atoms with Gasteiger partial charge in [0.2, 0.25) is 5.78 Å². The molecule has 1 unspecified atom stereocenters. The topological polar surface area (TPSA) is 149 Å². The minimum absolute atomic E-state index is 0.0249. The quantitative estimate of drug-likeness (QED) is 0.129. The van der Waals surface area contributed by atoms with Crippen LogP contribution in [0.3, 0.4) is 0 Å². The second kappa shape index (κ2) is 11.3. The van der Waals surface area contributed by atoms with Gasteiger partial charge >= 0.3 is 5.97 Å². The third-order valence-electron chi connectivity index (χ3n) is 6.50. The molecule has 42 heavy (non-hydrogen) atoms. The number of fused-ring (bicyclic) bond motifs is 1. The van der Waals surface area contributed by atoms with Crippen LogP contribution in [0, 0.1) is 6.92 Å². The zero-order valence-electron chi connectivity index (χ0n) is 22.5. The van der Waals surface area contributed by atoms with Gasteiger partial charge in [-0.15, -0.1) is 0 Å². The van der Waals surface area contributed by atoms with E-state index >= 15 is 0 Å². The number of hydrogen-bond donors (Lipinski definition) is 2. The SMILES string of the molecule is C=CCOC(=O)c1sc(N2C(=O)C(O)=C(C(=O)c3cc4cccc(OC)c4o3)C2c2cc(Br)c(O)c(OC)c2)nc1C. The molecule has 2 aromatic carbocycles. The number of ether oxygens (including phenoxy) is 3. The van der Waals surface area contributed by atoms with Gasteiger partial charge in [0.05, 0.1) is 36.0 Å². The summed E-state index contributed by atoms with van der Waals surface area (Å²) in [5.74, 6) is -3.12. The molecule has 0 fully saturated rings. The van der Waals surface area contributed by atoms with Crippen molar-refractivity contribution in [1.82, 2.24) is 4.98 Å². The molecule has 5 rings (SSSR count). The van der Waals surface area contributed by atoms with E-state index in [1.165, 1.54) is 38.5 Å². The first kappa shape index (κ1) is 28.9. The fourth-order valence-corrected chi connectivity index (χ4v) is 6.02. The molecule has 2 aromatic heterocycles. The molecule has 3 heterocycles. The molecule has 216 valence electrons. The Morgan fingerprint density at radius 2 is 1.93 bits per heavy atom. The van der Waals surface area contributed by atoms with Crippen molar-refractivity contribution in [3.8, 4) is 17.2 Å². The van der Waals surface area contributed by atoms with E-state index in [0.29, 0.717) is 16.7 Å². The van der Waals surface area contributed by atoms with Crippen LogP contribution in [-0.2, 0) is 9.53 Å². The van der Waals surface area contributed by atoms with Crippen LogP contribution in [0.5, 0.6) is 17.2 Å². The number of rotatable bonds is 9. The van der Waals surface area contributed by atoms with Crippen molar-refractivity contribution in [2.45, 2.75) is 13.0 Å². The summed E-state index contributed by atoms with van der Waals surface area (Å²) in [7, 11) is 2.81. The summed E-state index contributed by atoms with van der Waals surface area (Å²) in [6.45, 7) is 5.07. The van der Waals surface area contributed by atoms with Crippen LogP contribution in [0.4, 0.5) is 5.13 Å². The molecule has 1 atom stereocenters. The molecule has 0 bridgehead atoms. The highest BCUT2D eigenvalue weighted by Gasteiger charge is 2.47. The van der Waals surface area contributed by atoms with Gasteiger partial charge in [-0.2, -0.15) is 0 Å². The average Bonchev–Trinajstić information content (AvgIpc) is 3.66. The van der Waals surface area contributed by atoms with Crippen molar-refractivity contribution >= 4 is 61.0 Å². The largest absolute Gasteiger partial charge is 0.503 e. The Morgan fingerprint density at radius 1 is 1.19 bits per heavy atom. The molecule has 0 radical (unpaired) electrons. The average molecular weight is 655 g/mol. The Hall–Kier alpha value is -4.62. The summed E-state index contributed by atoms with van der Waals surface area (Å²) in [4.78, 5) is 45.9. The third-order valence-corrected chi connectivity index (χ3v) is 8.24.